The van der Waals surface area contributed by atoms with E-state index < -0.39 is 28.6 Å². The summed E-state index contributed by atoms with van der Waals surface area (Å²) in [6, 6.07) is 1.73. The van der Waals surface area contributed by atoms with Crippen LogP contribution in [0, 0.1) is 17.0 Å². The van der Waals surface area contributed by atoms with Crippen molar-refractivity contribution < 1.29 is 24.4 Å². The van der Waals surface area contributed by atoms with Gasteiger partial charge in [-0.1, -0.05) is 0 Å². The van der Waals surface area contributed by atoms with Crippen LogP contribution in [0.3, 0.4) is 0 Å². The van der Waals surface area contributed by atoms with Crippen LogP contribution in [0.2, 0.25) is 0 Å². The number of benzene rings is 1. The van der Waals surface area contributed by atoms with Gasteiger partial charge in [0.25, 0.3) is 5.69 Å². The number of nitrogens with zero attached hydrogens (tertiary/aromatic N) is 1. The molecule has 0 fully saturated rings. The highest BCUT2D eigenvalue weighted by Crippen LogP contribution is 2.30. The number of aryl methyl sites for hydroxylation is 1. The number of alkyl carbamates (subject to hydrolysis) is 1. The fraction of sp³-hybridized carbons (Fsp3) is 0.412. The highest BCUT2D eigenvalue weighted by molar-refractivity contribution is 5.90. The molecule has 26 heavy (non-hydrogen) atoms. The molecular weight excluding hydrogens is 342 g/mol. The van der Waals surface area contributed by atoms with Gasteiger partial charge in [0, 0.05) is 35.2 Å². The summed E-state index contributed by atoms with van der Waals surface area (Å²) < 4.78 is 5.09. The van der Waals surface area contributed by atoms with Gasteiger partial charge in [-0.25, -0.2) is 9.59 Å². The molecule has 1 amide bonds. The van der Waals surface area contributed by atoms with E-state index in [2.05, 4.69) is 10.3 Å². The molecule has 1 atom stereocenters. The number of carbonyl (C=O) groups is 2. The lowest BCUT2D eigenvalue weighted by Gasteiger charge is -2.22. The lowest BCUT2D eigenvalue weighted by atomic mass is 10.0. The van der Waals surface area contributed by atoms with Crippen molar-refractivity contribution in [3.63, 3.8) is 0 Å². The second-order valence-corrected chi connectivity index (χ2v) is 6.94. The van der Waals surface area contributed by atoms with E-state index in [0.717, 1.165) is 0 Å². The number of H-pyrrole nitrogens is 1. The van der Waals surface area contributed by atoms with E-state index in [9.17, 15) is 24.8 Å². The number of amides is 1. The molecule has 0 radical (unpaired) electrons. The number of aliphatic carboxylic acids is 1. The van der Waals surface area contributed by atoms with Crippen LogP contribution >= 0.6 is 0 Å². The Bertz CT molecular complexity index is 865. The van der Waals surface area contributed by atoms with Crippen molar-refractivity contribution in [1.29, 1.82) is 0 Å². The number of fused-ring (bicyclic) bond motifs is 1. The molecule has 1 unspecified atom stereocenters. The van der Waals surface area contributed by atoms with Gasteiger partial charge in [0.15, 0.2) is 0 Å². The fourth-order valence-electron chi connectivity index (χ4n) is 2.70. The first-order valence-electron chi connectivity index (χ1n) is 7.96. The fourth-order valence-corrected chi connectivity index (χ4v) is 2.70. The minimum atomic E-state index is -1.23. The summed E-state index contributed by atoms with van der Waals surface area (Å²) in [5.74, 6) is -1.23. The Labute approximate surface area is 149 Å². The maximum absolute atomic E-state index is 11.9. The molecule has 0 saturated heterocycles. The van der Waals surface area contributed by atoms with Crippen LogP contribution in [0.4, 0.5) is 10.5 Å². The molecule has 1 aromatic carbocycles. The molecule has 3 N–H and O–H groups in total. The Kier molecular flexibility index (Phi) is 5.20. The molecule has 9 heteroatoms. The quantitative estimate of drug-likeness (QED) is 0.552. The van der Waals surface area contributed by atoms with Crippen molar-refractivity contribution in [1.82, 2.24) is 10.3 Å². The average Bonchev–Trinajstić information content (AvgIpc) is 2.88. The Hall–Kier alpha value is -3.10. The van der Waals surface area contributed by atoms with Crippen molar-refractivity contribution in [2.24, 2.45) is 0 Å². The van der Waals surface area contributed by atoms with E-state index in [1.165, 1.54) is 6.07 Å². The van der Waals surface area contributed by atoms with Gasteiger partial charge in [-0.3, -0.25) is 10.1 Å². The van der Waals surface area contributed by atoms with Crippen molar-refractivity contribution in [2.75, 3.05) is 0 Å². The Balaban J connectivity index is 2.32. The zero-order valence-corrected chi connectivity index (χ0v) is 15.0. The number of aromatic amines is 1. The Morgan fingerprint density at radius 2 is 2.04 bits per heavy atom. The zero-order valence-electron chi connectivity index (χ0n) is 15.0. The van der Waals surface area contributed by atoms with E-state index in [-0.39, 0.29) is 12.1 Å². The number of carboxylic acids is 1. The summed E-state index contributed by atoms with van der Waals surface area (Å²) in [4.78, 5) is 37.0. The van der Waals surface area contributed by atoms with Crippen LogP contribution < -0.4 is 5.32 Å². The van der Waals surface area contributed by atoms with Gasteiger partial charge < -0.3 is 20.1 Å². The lowest BCUT2D eigenvalue weighted by molar-refractivity contribution is -0.385. The number of hydrogen-bond acceptors (Lipinski definition) is 5. The molecule has 0 spiro atoms. The third kappa shape index (κ3) is 4.29. The van der Waals surface area contributed by atoms with Crippen molar-refractivity contribution in [3.05, 3.63) is 39.6 Å². The summed E-state index contributed by atoms with van der Waals surface area (Å²) in [5.41, 5.74) is 0.843. The minimum absolute atomic E-state index is 0.0451. The third-order valence-electron chi connectivity index (χ3n) is 3.77. The summed E-state index contributed by atoms with van der Waals surface area (Å²) in [7, 11) is 0. The highest BCUT2D eigenvalue weighted by Gasteiger charge is 2.26. The first kappa shape index (κ1) is 19.2. The molecule has 9 nitrogen and oxygen atoms in total. The SMILES string of the molecule is Cc1c([N+](=O)[O-])ccc2[nH]cc(CC(NC(=O)OC(C)(C)C)C(=O)O)c12. The monoisotopic (exact) mass is 363 g/mol. The van der Waals surface area contributed by atoms with Crippen molar-refractivity contribution in [3.8, 4) is 0 Å². The van der Waals surface area contributed by atoms with Crippen LogP contribution in [-0.2, 0) is 16.0 Å². The number of rotatable bonds is 5. The maximum atomic E-state index is 11.9. The molecule has 2 aromatic rings. The molecule has 1 heterocycles. The molecule has 0 bridgehead atoms. The van der Waals surface area contributed by atoms with Crippen LogP contribution in [0.1, 0.15) is 31.9 Å². The molecule has 1 aromatic heterocycles. The molecule has 0 aliphatic heterocycles. The number of carbonyl (C=O) groups excluding carboxylic acids is 1. The number of nitro benzene ring substituents is 1. The van der Waals surface area contributed by atoms with E-state index in [0.29, 0.717) is 22.0 Å². The van der Waals surface area contributed by atoms with E-state index in [4.69, 9.17) is 4.74 Å². The number of hydrogen-bond donors (Lipinski definition) is 3. The van der Waals surface area contributed by atoms with Crippen molar-refractivity contribution in [2.45, 2.75) is 45.8 Å². The molecule has 2 rings (SSSR count). The largest absolute Gasteiger partial charge is 0.480 e. The first-order valence-corrected chi connectivity index (χ1v) is 7.96. The van der Waals surface area contributed by atoms with Gasteiger partial charge in [-0.15, -0.1) is 0 Å². The van der Waals surface area contributed by atoms with Gasteiger partial charge in [-0.05, 0) is 39.3 Å². The number of ether oxygens (including phenoxy) is 1. The van der Waals surface area contributed by atoms with Gasteiger partial charge in [0.2, 0.25) is 0 Å². The smallest absolute Gasteiger partial charge is 0.408 e. The summed E-state index contributed by atoms with van der Waals surface area (Å²) in [5, 5.41) is 23.5. The molecule has 0 aliphatic carbocycles. The number of nitrogens with one attached hydrogen (secondary N) is 2. The molecule has 0 saturated carbocycles. The highest BCUT2D eigenvalue weighted by atomic mass is 16.6. The van der Waals surface area contributed by atoms with E-state index >= 15 is 0 Å². The van der Waals surface area contributed by atoms with E-state index in [1.807, 2.05) is 0 Å². The number of carboxylic acid groups (broad SMARTS) is 1. The summed E-state index contributed by atoms with van der Waals surface area (Å²) in [6.45, 7) is 6.62. The van der Waals surface area contributed by atoms with Gasteiger partial charge >= 0.3 is 12.1 Å². The van der Waals surface area contributed by atoms with Gasteiger partial charge in [0.05, 0.1) is 4.92 Å². The Morgan fingerprint density at radius 1 is 1.38 bits per heavy atom. The second kappa shape index (κ2) is 7.03. The van der Waals surface area contributed by atoms with Crippen LogP contribution in [0.15, 0.2) is 18.3 Å². The molecule has 140 valence electrons. The minimum Gasteiger partial charge on any atom is -0.480 e. The topological polar surface area (TPSA) is 135 Å². The zero-order chi connectivity index (χ0) is 19.6. The van der Waals surface area contributed by atoms with Crippen LogP contribution in [0.5, 0.6) is 0 Å². The normalized spacial score (nSPS) is 12.6. The maximum Gasteiger partial charge on any atom is 0.408 e. The van der Waals surface area contributed by atoms with Gasteiger partial charge in [0.1, 0.15) is 11.6 Å². The predicted octanol–water partition coefficient (Wildman–Crippen LogP) is 2.90. The van der Waals surface area contributed by atoms with Crippen molar-refractivity contribution >= 4 is 28.7 Å². The predicted molar refractivity (Wildman–Crippen MR) is 94.2 cm³/mol. The molecule has 0 aliphatic rings. The van der Waals surface area contributed by atoms with E-state index in [1.54, 1.807) is 40.0 Å². The summed E-state index contributed by atoms with van der Waals surface area (Å²) in [6.07, 6.45) is 0.706. The van der Waals surface area contributed by atoms with Crippen LogP contribution in [-0.4, -0.2) is 38.7 Å². The number of nitro groups is 1. The number of aromatic nitrogens is 1. The molecular formula is C17H21N3O6. The standard InChI is InChI=1S/C17H21N3O6/c1-9-13(20(24)25)6-5-11-14(9)10(8-18-11)7-12(15(21)22)19-16(23)26-17(2,3)4/h5-6,8,12,18H,7H2,1-4H3,(H,19,23)(H,21,22). The van der Waals surface area contributed by atoms with Crippen LogP contribution in [0.25, 0.3) is 10.9 Å². The third-order valence-corrected chi connectivity index (χ3v) is 3.77. The Morgan fingerprint density at radius 3 is 2.58 bits per heavy atom. The summed E-state index contributed by atoms with van der Waals surface area (Å²) >= 11 is 0. The second-order valence-electron chi connectivity index (χ2n) is 6.94. The van der Waals surface area contributed by atoms with Gasteiger partial charge in [-0.2, -0.15) is 0 Å². The average molecular weight is 363 g/mol. The first-order chi connectivity index (χ1) is 12.0. The lowest BCUT2D eigenvalue weighted by Crippen LogP contribution is -2.44.